The van der Waals surface area contributed by atoms with Gasteiger partial charge in [-0.05, 0) is 5.31 Å². The van der Waals surface area contributed by atoms with Crippen LogP contribution >= 0.6 is 0 Å². The van der Waals surface area contributed by atoms with Gasteiger partial charge in [0.25, 0.3) is 0 Å². The Morgan fingerprint density at radius 3 is 1.20 bits per heavy atom. The highest BCUT2D eigenvalue weighted by atomic mass is 28.4. The first kappa shape index (κ1) is 15.4. The van der Waals surface area contributed by atoms with E-state index in [0.717, 1.165) is 0 Å². The van der Waals surface area contributed by atoms with Crippen LogP contribution in [0, 0.1) is 0 Å². The van der Waals surface area contributed by atoms with E-state index in [9.17, 15) is 4.32 Å². The van der Waals surface area contributed by atoms with Crippen molar-refractivity contribution in [2.24, 2.45) is 0 Å². The van der Waals surface area contributed by atoms with E-state index in [0.29, 0.717) is 0 Å². The fourth-order valence-corrected chi connectivity index (χ4v) is 12.3. The molecule has 0 atom stereocenters. The normalized spacial score (nSPS) is 14.6. The molecule has 0 aromatic heterocycles. The average Bonchev–Trinajstić information content (AvgIpc) is 1.76. The molecule has 0 rings (SSSR count). The molecule has 0 saturated carbocycles. The number of hydrogen-bond donors (Lipinski definition) is 0. The Bertz CT molecular complexity index is 201. The van der Waals surface area contributed by atoms with Crippen molar-refractivity contribution in [2.75, 3.05) is 0 Å². The van der Waals surface area contributed by atoms with Crippen LogP contribution in [0.4, 0.5) is 4.32 Å². The molecule has 0 spiro atoms. The molecule has 0 unspecified atom stereocenters. The summed E-state index contributed by atoms with van der Waals surface area (Å²) in [5, 5.41) is -0.277. The van der Waals surface area contributed by atoms with Gasteiger partial charge in [-0.1, -0.05) is 60.1 Å². The molecule has 0 heterocycles. The van der Waals surface area contributed by atoms with Crippen LogP contribution in [0.5, 0.6) is 0 Å². The van der Waals surface area contributed by atoms with Gasteiger partial charge < -0.3 is 8.46 Å². The molecule has 0 aromatic carbocycles. The summed E-state index contributed by atoms with van der Waals surface area (Å²) in [6.45, 7) is 19.4. The topological polar surface area (TPSA) is 3.24 Å². The Labute approximate surface area is 97.8 Å². The fraction of sp³-hybridized carbons (Fsp3) is 1.00. The minimum atomic E-state index is -1.57. The van der Waals surface area contributed by atoms with Crippen molar-refractivity contribution in [1.82, 2.24) is 4.14 Å². The second-order valence-electron chi connectivity index (χ2n) is 7.41. The lowest BCUT2D eigenvalue weighted by Gasteiger charge is -2.47. The molecular weight excluding hydrogens is 220 g/mol. The Morgan fingerprint density at radius 1 is 0.867 bits per heavy atom. The van der Waals surface area contributed by atoms with Gasteiger partial charge in [-0.2, -0.15) is 0 Å². The maximum Gasteiger partial charge on any atom is 0.423 e. The van der Waals surface area contributed by atoms with E-state index in [4.69, 9.17) is 0 Å². The summed E-state index contributed by atoms with van der Waals surface area (Å²) in [5.74, 6) is 0. The van der Waals surface area contributed by atoms with Crippen molar-refractivity contribution < 1.29 is 4.32 Å². The van der Waals surface area contributed by atoms with Crippen molar-refractivity contribution in [3.05, 3.63) is 0 Å². The quantitative estimate of drug-likeness (QED) is 0.675. The number of rotatable bonds is 3. The summed E-state index contributed by atoms with van der Waals surface area (Å²) in [4.78, 5) is 0. The van der Waals surface area contributed by atoms with E-state index >= 15 is 0 Å². The summed E-state index contributed by atoms with van der Waals surface area (Å²) in [7, 11) is -3.96. The standard InChI is InChI=1S/C10H27BFNSi2/c1-10(2,3)11(12)13(14(4,5)6)15(7,8)9/h1-9H3. The van der Waals surface area contributed by atoms with Gasteiger partial charge in [0.15, 0.2) is 0 Å². The molecule has 5 heteroatoms. The monoisotopic (exact) mass is 247 g/mol. The zero-order chi connectivity index (χ0) is 12.7. The Balaban J connectivity index is 5.16. The largest absolute Gasteiger partial charge is 0.423 e. The predicted molar refractivity (Wildman–Crippen MR) is 75.1 cm³/mol. The lowest BCUT2D eigenvalue weighted by molar-refractivity contribution is 0.588. The second kappa shape index (κ2) is 4.34. The van der Waals surface area contributed by atoms with Crippen LogP contribution < -0.4 is 0 Å². The molecule has 0 radical (unpaired) electrons. The second-order valence-corrected chi connectivity index (χ2v) is 17.5. The lowest BCUT2D eigenvalue weighted by Crippen LogP contribution is -2.66. The summed E-state index contributed by atoms with van der Waals surface area (Å²) < 4.78 is 16.8. The van der Waals surface area contributed by atoms with Crippen LogP contribution in [-0.4, -0.2) is 27.7 Å². The van der Waals surface area contributed by atoms with E-state index in [1.165, 1.54) is 0 Å². The van der Waals surface area contributed by atoms with Crippen LogP contribution in [0.2, 0.25) is 44.6 Å². The molecule has 0 fully saturated rings. The first-order valence-corrected chi connectivity index (χ1v) is 12.6. The van der Waals surface area contributed by atoms with Crippen LogP contribution in [0.15, 0.2) is 0 Å². The summed E-state index contributed by atoms with van der Waals surface area (Å²) in [6, 6.07) is 0. The molecule has 0 aliphatic heterocycles. The van der Waals surface area contributed by atoms with Gasteiger partial charge in [0.1, 0.15) is 16.5 Å². The Morgan fingerprint density at radius 2 is 1.13 bits per heavy atom. The van der Waals surface area contributed by atoms with Gasteiger partial charge in [-0.15, -0.1) is 0 Å². The van der Waals surface area contributed by atoms with E-state index < -0.39 is 23.6 Å². The third-order valence-corrected chi connectivity index (χ3v) is 9.76. The van der Waals surface area contributed by atoms with Crippen LogP contribution in [-0.2, 0) is 0 Å². The van der Waals surface area contributed by atoms with Crippen LogP contribution in [0.25, 0.3) is 0 Å². The van der Waals surface area contributed by atoms with Crippen LogP contribution in [0.1, 0.15) is 20.8 Å². The summed E-state index contributed by atoms with van der Waals surface area (Å²) in [6.07, 6.45) is 0. The molecule has 0 saturated heterocycles. The summed E-state index contributed by atoms with van der Waals surface area (Å²) in [5.41, 5.74) is 0. The lowest BCUT2D eigenvalue weighted by atomic mass is 9.61. The van der Waals surface area contributed by atoms with Gasteiger partial charge in [0, 0.05) is 0 Å². The number of nitrogens with zero attached hydrogens (tertiary/aromatic N) is 1. The van der Waals surface area contributed by atoms with Gasteiger partial charge in [0.2, 0.25) is 0 Å². The highest BCUT2D eigenvalue weighted by Gasteiger charge is 2.47. The maximum absolute atomic E-state index is 14.6. The maximum atomic E-state index is 14.6. The van der Waals surface area contributed by atoms with Crippen molar-refractivity contribution in [2.45, 2.75) is 65.4 Å². The molecule has 1 nitrogen and oxygen atoms in total. The smallest absolute Gasteiger partial charge is 0.358 e. The van der Waals surface area contributed by atoms with Gasteiger partial charge in [-0.25, -0.2) is 0 Å². The van der Waals surface area contributed by atoms with E-state index in [-0.39, 0.29) is 5.31 Å². The average molecular weight is 247 g/mol. The summed E-state index contributed by atoms with van der Waals surface area (Å²) >= 11 is 0. The molecule has 0 aliphatic rings. The van der Waals surface area contributed by atoms with Crippen molar-refractivity contribution in [1.29, 1.82) is 0 Å². The molecule has 0 amide bonds. The van der Waals surface area contributed by atoms with Gasteiger partial charge in [0.05, 0.1) is 0 Å². The molecule has 0 N–H and O–H groups in total. The zero-order valence-corrected chi connectivity index (χ0v) is 13.9. The Kier molecular flexibility index (Phi) is 4.45. The predicted octanol–water partition coefficient (Wildman–Crippen LogP) is 4.22. The zero-order valence-electron chi connectivity index (χ0n) is 11.9. The number of hydrogen-bond acceptors (Lipinski definition) is 1. The van der Waals surface area contributed by atoms with E-state index in [1.54, 1.807) is 0 Å². The van der Waals surface area contributed by atoms with Crippen molar-refractivity contribution in [3.8, 4) is 0 Å². The third kappa shape index (κ3) is 4.41. The molecule has 15 heavy (non-hydrogen) atoms. The molecular formula is C10H27BFNSi2. The van der Waals surface area contributed by atoms with Crippen molar-refractivity contribution in [3.63, 3.8) is 0 Å². The van der Waals surface area contributed by atoms with E-state index in [2.05, 4.69) is 43.4 Å². The third-order valence-electron chi connectivity index (χ3n) is 2.39. The molecule has 0 bridgehead atoms. The SMILES string of the molecule is CC(C)(C)B(F)N([Si](C)(C)C)[Si](C)(C)C. The highest BCUT2D eigenvalue weighted by Crippen LogP contribution is 2.35. The molecule has 0 aliphatic carbocycles. The first-order chi connectivity index (χ1) is 6.28. The Hall–Kier alpha value is 0.389. The first-order valence-electron chi connectivity index (χ1n) is 5.71. The minimum absolute atomic E-state index is 0.277. The fourth-order valence-electron chi connectivity index (χ4n) is 2.07. The van der Waals surface area contributed by atoms with Gasteiger partial charge >= 0.3 is 7.12 Å². The van der Waals surface area contributed by atoms with Crippen LogP contribution in [0.3, 0.4) is 0 Å². The van der Waals surface area contributed by atoms with Gasteiger partial charge in [-0.3, -0.25) is 0 Å². The molecule has 0 aromatic rings. The van der Waals surface area contributed by atoms with E-state index in [1.807, 2.05) is 20.8 Å². The highest BCUT2D eigenvalue weighted by molar-refractivity contribution is 6.98. The molecule has 90 valence electrons. The van der Waals surface area contributed by atoms with Crippen molar-refractivity contribution >= 4 is 23.6 Å². The minimum Gasteiger partial charge on any atom is -0.358 e. The number of halogens is 1.